The number of likely N-dealkylation sites (tertiary alicyclic amines) is 1. The van der Waals surface area contributed by atoms with Gasteiger partial charge in [-0.05, 0) is 5.56 Å². The Balaban J connectivity index is 1.33. The molecule has 1 aliphatic heterocycles. The van der Waals surface area contributed by atoms with E-state index in [0.29, 0.717) is 36.9 Å². The highest BCUT2D eigenvalue weighted by molar-refractivity contribution is 5.71. The van der Waals surface area contributed by atoms with Gasteiger partial charge in [-0.25, -0.2) is 0 Å². The molecular formula is C24H22N4O5. The fourth-order valence-electron chi connectivity index (χ4n) is 3.88. The van der Waals surface area contributed by atoms with Gasteiger partial charge in [0.1, 0.15) is 5.69 Å². The second kappa shape index (κ2) is 8.97. The second-order valence-corrected chi connectivity index (χ2v) is 7.99. The Hall–Kier alpha value is -3.82. The lowest BCUT2D eigenvalue weighted by Crippen LogP contribution is -2.49. The van der Waals surface area contributed by atoms with Crippen LogP contribution >= 0.6 is 0 Å². The molecule has 0 radical (unpaired) electrons. The number of hydrogen-bond donors (Lipinski definition) is 1. The summed E-state index contributed by atoms with van der Waals surface area (Å²) in [5.41, 5.74) is 4.22. The molecule has 1 N–H and O–H groups in total. The minimum atomic E-state index is -0.731. The van der Waals surface area contributed by atoms with Crippen molar-refractivity contribution in [1.82, 2.24) is 20.2 Å². The van der Waals surface area contributed by atoms with Crippen LogP contribution < -0.4 is 0 Å². The summed E-state index contributed by atoms with van der Waals surface area (Å²) in [6.07, 6.45) is 0. The number of rotatable bonds is 8. The summed E-state index contributed by atoms with van der Waals surface area (Å²) < 4.78 is 16.4. The van der Waals surface area contributed by atoms with E-state index in [1.165, 1.54) is 0 Å². The fraction of sp³-hybridized carbons (Fsp3) is 0.250. The van der Waals surface area contributed by atoms with Crippen LogP contribution in [-0.4, -0.2) is 51.5 Å². The minimum Gasteiger partial charge on any atom is -0.481 e. The van der Waals surface area contributed by atoms with Gasteiger partial charge in [-0.3, -0.25) is 9.69 Å². The van der Waals surface area contributed by atoms with Gasteiger partial charge in [0, 0.05) is 37.9 Å². The molecule has 168 valence electrons. The number of benzene rings is 2. The van der Waals surface area contributed by atoms with Crippen LogP contribution in [0.1, 0.15) is 11.1 Å². The topological polar surface area (TPSA) is 115 Å². The van der Waals surface area contributed by atoms with Crippen LogP contribution in [0.15, 0.2) is 63.6 Å². The second-order valence-electron chi connectivity index (χ2n) is 7.99. The zero-order valence-corrected chi connectivity index (χ0v) is 18.0. The normalized spacial score (nSPS) is 14.3. The SMILES string of the molecule is COCc1c(-c2ccccc2)noc1-c1nc(-c2ccc(CN3CC(C(=O)O)C3)cc2)no1. The monoisotopic (exact) mass is 446 g/mol. The summed E-state index contributed by atoms with van der Waals surface area (Å²) in [6.45, 7) is 2.16. The van der Waals surface area contributed by atoms with Crippen LogP contribution in [0.2, 0.25) is 0 Å². The van der Waals surface area contributed by atoms with Gasteiger partial charge in [0.2, 0.25) is 11.6 Å². The van der Waals surface area contributed by atoms with E-state index in [0.717, 1.165) is 22.3 Å². The molecule has 9 heteroatoms. The molecule has 33 heavy (non-hydrogen) atoms. The number of carbonyl (C=O) groups is 1. The Morgan fingerprint density at radius 1 is 1.06 bits per heavy atom. The lowest BCUT2D eigenvalue weighted by molar-refractivity contribution is -0.147. The van der Waals surface area contributed by atoms with Crippen LogP contribution in [0.3, 0.4) is 0 Å². The molecule has 3 heterocycles. The van der Waals surface area contributed by atoms with Crippen LogP contribution in [0.5, 0.6) is 0 Å². The predicted molar refractivity (Wildman–Crippen MR) is 118 cm³/mol. The molecule has 2 aromatic carbocycles. The first-order chi connectivity index (χ1) is 16.1. The molecule has 4 aromatic rings. The zero-order valence-electron chi connectivity index (χ0n) is 18.0. The smallest absolute Gasteiger partial charge is 0.309 e. The molecule has 0 aliphatic carbocycles. The largest absolute Gasteiger partial charge is 0.481 e. The standard InChI is InChI=1S/C24H22N4O5/c1-31-14-19-20(16-5-3-2-4-6-16)26-32-21(19)23-25-22(27-33-23)17-9-7-15(8-10-17)11-28-12-18(13-28)24(29)30/h2-10,18H,11-14H2,1H3,(H,29,30). The van der Waals surface area contributed by atoms with Gasteiger partial charge in [0.05, 0.1) is 18.1 Å². The lowest BCUT2D eigenvalue weighted by Gasteiger charge is -2.36. The van der Waals surface area contributed by atoms with E-state index in [4.69, 9.17) is 18.9 Å². The third kappa shape index (κ3) is 4.28. The maximum absolute atomic E-state index is 10.9. The lowest BCUT2D eigenvalue weighted by atomic mass is 9.99. The Morgan fingerprint density at radius 3 is 2.52 bits per heavy atom. The van der Waals surface area contributed by atoms with Gasteiger partial charge in [-0.2, -0.15) is 4.98 Å². The van der Waals surface area contributed by atoms with Crippen molar-refractivity contribution in [2.24, 2.45) is 5.92 Å². The predicted octanol–water partition coefficient (Wildman–Crippen LogP) is 3.72. The summed E-state index contributed by atoms with van der Waals surface area (Å²) in [5, 5.41) is 17.3. The molecule has 0 spiro atoms. The quantitative estimate of drug-likeness (QED) is 0.432. The molecular weight excluding hydrogens is 424 g/mol. The first-order valence-electron chi connectivity index (χ1n) is 10.5. The number of methoxy groups -OCH3 is 1. The molecule has 0 bridgehead atoms. The highest BCUT2D eigenvalue weighted by Crippen LogP contribution is 2.33. The molecule has 0 amide bonds. The van der Waals surface area contributed by atoms with Crippen molar-refractivity contribution < 1.29 is 23.7 Å². The van der Waals surface area contributed by atoms with E-state index < -0.39 is 5.97 Å². The number of aliphatic carboxylic acids is 1. The van der Waals surface area contributed by atoms with Crippen molar-refractivity contribution in [3.05, 3.63) is 65.7 Å². The highest BCUT2D eigenvalue weighted by Gasteiger charge is 2.32. The minimum absolute atomic E-state index is 0.232. The van der Waals surface area contributed by atoms with Crippen LogP contribution in [-0.2, 0) is 22.7 Å². The first-order valence-corrected chi connectivity index (χ1v) is 10.5. The molecule has 0 saturated carbocycles. The average molecular weight is 446 g/mol. The third-order valence-electron chi connectivity index (χ3n) is 5.67. The Kier molecular flexibility index (Phi) is 5.72. The number of ether oxygens (including phenoxy) is 1. The van der Waals surface area contributed by atoms with Crippen molar-refractivity contribution in [1.29, 1.82) is 0 Å². The van der Waals surface area contributed by atoms with Gasteiger partial charge >= 0.3 is 5.97 Å². The van der Waals surface area contributed by atoms with E-state index in [1.54, 1.807) is 7.11 Å². The summed E-state index contributed by atoms with van der Waals surface area (Å²) in [6, 6.07) is 17.5. The van der Waals surface area contributed by atoms with Crippen molar-refractivity contribution >= 4 is 5.97 Å². The number of carboxylic acids is 1. The molecule has 1 saturated heterocycles. The van der Waals surface area contributed by atoms with E-state index in [-0.39, 0.29) is 18.4 Å². The van der Waals surface area contributed by atoms with Crippen molar-refractivity contribution in [3.63, 3.8) is 0 Å². The van der Waals surface area contributed by atoms with E-state index >= 15 is 0 Å². The highest BCUT2D eigenvalue weighted by atomic mass is 16.5. The molecule has 9 nitrogen and oxygen atoms in total. The van der Waals surface area contributed by atoms with E-state index in [9.17, 15) is 4.79 Å². The van der Waals surface area contributed by atoms with Gasteiger partial charge in [-0.1, -0.05) is 64.9 Å². The van der Waals surface area contributed by atoms with Gasteiger partial charge in [0.15, 0.2) is 0 Å². The third-order valence-corrected chi connectivity index (χ3v) is 5.67. The zero-order chi connectivity index (χ0) is 22.8. The van der Waals surface area contributed by atoms with Crippen molar-refractivity contribution in [2.45, 2.75) is 13.2 Å². The Labute approximate surface area is 189 Å². The summed E-state index contributed by atoms with van der Waals surface area (Å²) in [7, 11) is 1.61. The summed E-state index contributed by atoms with van der Waals surface area (Å²) in [4.78, 5) is 17.6. The number of aromatic nitrogens is 3. The Bertz CT molecular complexity index is 1240. The van der Waals surface area contributed by atoms with Crippen LogP contribution in [0, 0.1) is 5.92 Å². The van der Waals surface area contributed by atoms with Crippen molar-refractivity contribution in [3.8, 4) is 34.3 Å². The Morgan fingerprint density at radius 2 is 1.82 bits per heavy atom. The van der Waals surface area contributed by atoms with Crippen LogP contribution in [0.4, 0.5) is 0 Å². The molecule has 1 aliphatic rings. The fourth-order valence-corrected chi connectivity index (χ4v) is 3.88. The summed E-state index contributed by atoms with van der Waals surface area (Å²) in [5.74, 6) is 0.0646. The van der Waals surface area contributed by atoms with Gasteiger partial charge in [0.25, 0.3) is 5.89 Å². The molecule has 2 aromatic heterocycles. The maximum atomic E-state index is 10.9. The number of carboxylic acid groups (broad SMARTS) is 1. The van der Waals surface area contributed by atoms with Crippen LogP contribution in [0.25, 0.3) is 34.3 Å². The number of nitrogens with zero attached hydrogens (tertiary/aromatic N) is 4. The molecule has 1 fully saturated rings. The average Bonchev–Trinajstić information content (AvgIpc) is 3.44. The van der Waals surface area contributed by atoms with Gasteiger partial charge < -0.3 is 18.9 Å². The van der Waals surface area contributed by atoms with E-state index in [1.807, 2.05) is 54.6 Å². The first kappa shape index (κ1) is 21.0. The molecule has 0 unspecified atom stereocenters. The summed E-state index contributed by atoms with van der Waals surface area (Å²) >= 11 is 0. The molecule has 5 rings (SSSR count). The van der Waals surface area contributed by atoms with Crippen molar-refractivity contribution in [2.75, 3.05) is 20.2 Å². The molecule has 0 atom stereocenters. The maximum Gasteiger partial charge on any atom is 0.309 e. The number of hydrogen-bond acceptors (Lipinski definition) is 8. The van der Waals surface area contributed by atoms with Gasteiger partial charge in [-0.15, -0.1) is 0 Å². The van der Waals surface area contributed by atoms with E-state index in [2.05, 4.69) is 20.2 Å².